The van der Waals surface area contributed by atoms with Gasteiger partial charge >= 0.3 is 0 Å². The zero-order valence-corrected chi connectivity index (χ0v) is 12.1. The van der Waals surface area contributed by atoms with Crippen molar-refractivity contribution in [3.05, 3.63) is 34.9 Å². The van der Waals surface area contributed by atoms with Crippen LogP contribution in [0.15, 0.2) is 18.2 Å². The maximum absolute atomic E-state index is 6.11. The van der Waals surface area contributed by atoms with Gasteiger partial charge in [0.2, 0.25) is 0 Å². The smallest absolute Gasteiger partial charge is 0.00173 e. The average molecular weight is 245 g/mol. The zero-order chi connectivity index (χ0) is 13.2. The van der Waals surface area contributed by atoms with Gasteiger partial charge in [0.05, 0.1) is 0 Å². The maximum Gasteiger partial charge on any atom is -0.00173 e. The Labute approximate surface area is 112 Å². The maximum atomic E-state index is 6.11. The summed E-state index contributed by atoms with van der Waals surface area (Å²) in [6.07, 6.45) is 6.47. The van der Waals surface area contributed by atoms with E-state index in [1.807, 2.05) is 0 Å². The molecule has 0 aliphatic heterocycles. The van der Waals surface area contributed by atoms with Crippen LogP contribution in [0, 0.1) is 25.2 Å². The van der Waals surface area contributed by atoms with E-state index < -0.39 is 0 Å². The number of benzene rings is 1. The van der Waals surface area contributed by atoms with Crippen LogP contribution < -0.4 is 5.73 Å². The van der Waals surface area contributed by atoms with Gasteiger partial charge in [0.15, 0.2) is 0 Å². The molecule has 1 aromatic carbocycles. The molecular weight excluding hydrogens is 218 g/mol. The fourth-order valence-electron chi connectivity index (χ4n) is 3.43. The lowest BCUT2D eigenvalue weighted by Crippen LogP contribution is -2.36. The van der Waals surface area contributed by atoms with Crippen LogP contribution in [0.4, 0.5) is 0 Å². The lowest BCUT2D eigenvalue weighted by atomic mass is 9.68. The van der Waals surface area contributed by atoms with Gasteiger partial charge in [-0.05, 0) is 56.6 Å². The molecule has 100 valence electrons. The number of hydrogen-bond acceptors (Lipinski definition) is 1. The van der Waals surface area contributed by atoms with Crippen LogP contribution in [-0.4, -0.2) is 6.54 Å². The highest BCUT2D eigenvalue weighted by molar-refractivity contribution is 5.29. The van der Waals surface area contributed by atoms with Crippen molar-refractivity contribution in [2.45, 2.75) is 52.9 Å². The molecule has 0 aromatic heterocycles. The Morgan fingerprint density at radius 1 is 1.11 bits per heavy atom. The molecule has 2 rings (SSSR count). The second kappa shape index (κ2) is 5.44. The van der Waals surface area contributed by atoms with Gasteiger partial charge in [0, 0.05) is 0 Å². The molecule has 0 amide bonds. The van der Waals surface area contributed by atoms with E-state index in [9.17, 15) is 0 Å². The first-order valence-electron chi connectivity index (χ1n) is 7.30. The largest absolute Gasteiger partial charge is 0.330 e. The second-order valence-electron chi connectivity index (χ2n) is 6.56. The minimum atomic E-state index is 0.368. The van der Waals surface area contributed by atoms with E-state index in [1.54, 1.807) is 0 Å². The molecule has 1 aliphatic carbocycles. The number of nitrogens with two attached hydrogens (primary N) is 1. The van der Waals surface area contributed by atoms with Crippen molar-refractivity contribution in [3.63, 3.8) is 0 Å². The Hall–Kier alpha value is -0.820. The van der Waals surface area contributed by atoms with Gasteiger partial charge in [0.1, 0.15) is 0 Å². The molecule has 1 nitrogen and oxygen atoms in total. The second-order valence-corrected chi connectivity index (χ2v) is 6.56. The number of rotatable bonds is 3. The quantitative estimate of drug-likeness (QED) is 0.855. The molecule has 1 aromatic rings. The molecule has 1 saturated carbocycles. The van der Waals surface area contributed by atoms with E-state index in [4.69, 9.17) is 5.73 Å². The van der Waals surface area contributed by atoms with Crippen molar-refractivity contribution in [1.82, 2.24) is 0 Å². The summed E-state index contributed by atoms with van der Waals surface area (Å²) in [7, 11) is 0. The minimum absolute atomic E-state index is 0.368. The standard InChI is InChI=1S/C17H27N/c1-13-4-6-17(12-18,7-5-13)11-16-9-14(2)8-15(3)10-16/h8-10,13H,4-7,11-12,18H2,1-3H3. The van der Waals surface area contributed by atoms with Crippen LogP contribution in [0.3, 0.4) is 0 Å². The normalized spacial score (nSPS) is 28.3. The average Bonchev–Trinajstić information content (AvgIpc) is 2.31. The van der Waals surface area contributed by atoms with Gasteiger partial charge in [-0.2, -0.15) is 0 Å². The summed E-state index contributed by atoms with van der Waals surface area (Å²) < 4.78 is 0. The summed E-state index contributed by atoms with van der Waals surface area (Å²) >= 11 is 0. The third kappa shape index (κ3) is 3.14. The highest BCUT2D eigenvalue weighted by Crippen LogP contribution is 2.40. The van der Waals surface area contributed by atoms with E-state index in [-0.39, 0.29) is 0 Å². The zero-order valence-electron chi connectivity index (χ0n) is 12.1. The van der Waals surface area contributed by atoms with Crippen LogP contribution >= 0.6 is 0 Å². The molecule has 0 saturated heterocycles. The van der Waals surface area contributed by atoms with Crippen molar-refractivity contribution in [2.75, 3.05) is 6.54 Å². The molecule has 0 spiro atoms. The SMILES string of the molecule is Cc1cc(C)cc(CC2(CN)CCC(C)CC2)c1. The van der Waals surface area contributed by atoms with Gasteiger partial charge in [-0.25, -0.2) is 0 Å². The molecule has 0 bridgehead atoms. The van der Waals surface area contributed by atoms with Gasteiger partial charge in [-0.15, -0.1) is 0 Å². The summed E-state index contributed by atoms with van der Waals surface area (Å²) in [4.78, 5) is 0. The Morgan fingerprint density at radius 2 is 1.67 bits per heavy atom. The monoisotopic (exact) mass is 245 g/mol. The fraction of sp³-hybridized carbons (Fsp3) is 0.647. The number of aryl methyl sites for hydroxylation is 2. The van der Waals surface area contributed by atoms with Crippen LogP contribution in [0.2, 0.25) is 0 Å². The van der Waals surface area contributed by atoms with Crippen LogP contribution in [0.1, 0.15) is 49.3 Å². The van der Waals surface area contributed by atoms with E-state index in [0.29, 0.717) is 5.41 Å². The summed E-state index contributed by atoms with van der Waals surface area (Å²) in [6, 6.07) is 6.92. The molecule has 0 radical (unpaired) electrons. The molecule has 18 heavy (non-hydrogen) atoms. The van der Waals surface area contributed by atoms with E-state index >= 15 is 0 Å². The van der Waals surface area contributed by atoms with Gasteiger partial charge < -0.3 is 5.73 Å². The van der Waals surface area contributed by atoms with Crippen molar-refractivity contribution < 1.29 is 0 Å². The molecular formula is C17H27N. The molecule has 1 aliphatic rings. The summed E-state index contributed by atoms with van der Waals surface area (Å²) in [5, 5.41) is 0. The lowest BCUT2D eigenvalue weighted by molar-refractivity contribution is 0.163. The first-order valence-corrected chi connectivity index (χ1v) is 7.30. The first kappa shape index (κ1) is 13.6. The summed E-state index contributed by atoms with van der Waals surface area (Å²) in [5.41, 5.74) is 10.7. The van der Waals surface area contributed by atoms with Crippen molar-refractivity contribution in [1.29, 1.82) is 0 Å². The molecule has 0 heterocycles. The first-order chi connectivity index (χ1) is 8.53. The van der Waals surface area contributed by atoms with Crippen molar-refractivity contribution in [2.24, 2.45) is 17.1 Å². The molecule has 1 fully saturated rings. The van der Waals surface area contributed by atoms with E-state index in [1.165, 1.54) is 48.8 Å². The van der Waals surface area contributed by atoms with Gasteiger partial charge in [-0.1, -0.05) is 49.1 Å². The third-order valence-electron chi connectivity index (χ3n) is 4.63. The Bertz CT molecular complexity index is 380. The van der Waals surface area contributed by atoms with Crippen molar-refractivity contribution >= 4 is 0 Å². The van der Waals surface area contributed by atoms with E-state index in [0.717, 1.165) is 12.5 Å². The predicted molar refractivity (Wildman–Crippen MR) is 78.7 cm³/mol. The van der Waals surface area contributed by atoms with Crippen LogP contribution in [0.25, 0.3) is 0 Å². The van der Waals surface area contributed by atoms with Crippen molar-refractivity contribution in [3.8, 4) is 0 Å². The van der Waals surface area contributed by atoms with Gasteiger partial charge in [0.25, 0.3) is 0 Å². The predicted octanol–water partition coefficient (Wildman–Crippen LogP) is 4.00. The molecule has 0 atom stereocenters. The Kier molecular flexibility index (Phi) is 4.11. The summed E-state index contributed by atoms with van der Waals surface area (Å²) in [5.74, 6) is 0.893. The van der Waals surface area contributed by atoms with Crippen LogP contribution in [-0.2, 0) is 6.42 Å². The lowest BCUT2D eigenvalue weighted by Gasteiger charge is -2.39. The highest BCUT2D eigenvalue weighted by atomic mass is 14.6. The Balaban J connectivity index is 2.14. The molecule has 2 N–H and O–H groups in total. The van der Waals surface area contributed by atoms with Gasteiger partial charge in [-0.3, -0.25) is 0 Å². The fourth-order valence-corrected chi connectivity index (χ4v) is 3.43. The topological polar surface area (TPSA) is 26.0 Å². The third-order valence-corrected chi connectivity index (χ3v) is 4.63. The number of hydrogen-bond donors (Lipinski definition) is 1. The van der Waals surface area contributed by atoms with E-state index in [2.05, 4.69) is 39.0 Å². The molecule has 0 unspecified atom stereocenters. The molecule has 1 heteroatoms. The minimum Gasteiger partial charge on any atom is -0.330 e. The van der Waals surface area contributed by atoms with Crippen LogP contribution in [0.5, 0.6) is 0 Å². The highest BCUT2D eigenvalue weighted by Gasteiger charge is 2.32. The Morgan fingerprint density at radius 3 is 2.17 bits per heavy atom. The summed E-state index contributed by atoms with van der Waals surface area (Å²) in [6.45, 7) is 7.59.